The molecule has 52 valence electrons. The van der Waals surface area contributed by atoms with Gasteiger partial charge in [-0.3, -0.25) is 0 Å². The van der Waals surface area contributed by atoms with Gasteiger partial charge in [-0.2, -0.15) is 0 Å². The minimum absolute atomic E-state index is 0.410. The molecule has 0 aromatic carbocycles. The summed E-state index contributed by atoms with van der Waals surface area (Å²) in [5, 5.41) is 22.1. The largest absolute Gasteiger partial charge is 0.411 e. The summed E-state index contributed by atoms with van der Waals surface area (Å²) in [5.41, 5.74) is 1.07. The summed E-state index contributed by atoms with van der Waals surface area (Å²) in [7, 11) is 0. The lowest BCUT2D eigenvalue weighted by atomic mass is 10.2. The Labute approximate surface area is 53.5 Å². The van der Waals surface area contributed by atoms with Crippen molar-refractivity contribution in [1.29, 1.82) is 0 Å². The molecule has 0 amide bonds. The molecule has 0 aromatic heterocycles. The van der Waals surface area contributed by atoms with Crippen molar-refractivity contribution in [3.8, 4) is 0 Å². The van der Waals surface area contributed by atoms with Crippen molar-refractivity contribution < 1.29 is 10.4 Å². The van der Waals surface area contributed by atoms with Crippen molar-refractivity contribution in [1.82, 2.24) is 0 Å². The molecule has 0 saturated carbocycles. The maximum absolute atomic E-state index is 8.13. The third-order valence-electron chi connectivity index (χ3n) is 0.853. The van der Waals surface area contributed by atoms with Crippen molar-refractivity contribution in [2.75, 3.05) is 0 Å². The molecule has 0 aliphatic rings. The highest BCUT2D eigenvalue weighted by atomic mass is 16.4. The summed E-state index contributed by atoms with van der Waals surface area (Å²) < 4.78 is 0. The van der Waals surface area contributed by atoms with Crippen LogP contribution in [0.3, 0.4) is 0 Å². The van der Waals surface area contributed by atoms with E-state index in [1.54, 1.807) is 13.8 Å². The van der Waals surface area contributed by atoms with E-state index in [4.69, 9.17) is 10.4 Å². The first-order chi connectivity index (χ1) is 4.20. The maximum atomic E-state index is 8.13. The highest BCUT2D eigenvalue weighted by Gasteiger charge is 1.94. The lowest BCUT2D eigenvalue weighted by Crippen LogP contribution is -1.99. The molecule has 0 heterocycles. The van der Waals surface area contributed by atoms with E-state index in [1.165, 1.54) is 0 Å². The number of nitrogens with zero attached hydrogens (tertiary/aromatic N) is 2. The molecule has 9 heavy (non-hydrogen) atoms. The minimum atomic E-state index is 0.410. The summed E-state index contributed by atoms with van der Waals surface area (Å²) in [6, 6.07) is 0. The van der Waals surface area contributed by atoms with E-state index in [0.717, 1.165) is 0 Å². The molecule has 4 heteroatoms. The zero-order valence-corrected chi connectivity index (χ0v) is 5.50. The van der Waals surface area contributed by atoms with Crippen LogP contribution in [-0.4, -0.2) is 21.8 Å². The van der Waals surface area contributed by atoms with Gasteiger partial charge in [-0.25, -0.2) is 0 Å². The van der Waals surface area contributed by atoms with Gasteiger partial charge in [0.15, 0.2) is 0 Å². The van der Waals surface area contributed by atoms with Gasteiger partial charge in [-0.05, 0) is 13.8 Å². The average Bonchev–Trinajstić information content (AvgIpc) is 1.87. The van der Waals surface area contributed by atoms with Crippen LogP contribution in [0.5, 0.6) is 0 Å². The van der Waals surface area contributed by atoms with Gasteiger partial charge in [-0.1, -0.05) is 10.3 Å². The van der Waals surface area contributed by atoms with Crippen LogP contribution in [0, 0.1) is 0 Å². The Hall–Kier alpha value is -1.06. The first kappa shape index (κ1) is 7.94. The zero-order valence-electron chi connectivity index (χ0n) is 5.50. The summed E-state index contributed by atoms with van der Waals surface area (Å²) in [6.07, 6.45) is 0.410. The second kappa shape index (κ2) is 3.88. The maximum Gasteiger partial charge on any atom is 0.0597 e. The van der Waals surface area contributed by atoms with Gasteiger partial charge in [-0.15, -0.1) is 0 Å². The van der Waals surface area contributed by atoms with E-state index in [9.17, 15) is 0 Å². The van der Waals surface area contributed by atoms with Gasteiger partial charge in [0, 0.05) is 6.42 Å². The minimum Gasteiger partial charge on any atom is -0.411 e. The Morgan fingerprint density at radius 2 is 1.44 bits per heavy atom. The smallest absolute Gasteiger partial charge is 0.0597 e. The molecule has 0 radical (unpaired) electrons. The van der Waals surface area contributed by atoms with Crippen molar-refractivity contribution in [3.05, 3.63) is 0 Å². The van der Waals surface area contributed by atoms with Crippen LogP contribution in [0.4, 0.5) is 0 Å². The number of rotatable bonds is 2. The highest BCUT2D eigenvalue weighted by molar-refractivity contribution is 6.01. The standard InChI is InChI=1S/C5H10N2O2/c1-4(6-8)3-5(2)7-9/h8-9H,3H2,1-2H3/b6-4-,7-5-. The van der Waals surface area contributed by atoms with Crippen molar-refractivity contribution >= 4 is 11.4 Å². The van der Waals surface area contributed by atoms with E-state index in [0.29, 0.717) is 17.8 Å². The quantitative estimate of drug-likeness (QED) is 0.333. The lowest BCUT2D eigenvalue weighted by Gasteiger charge is -1.92. The van der Waals surface area contributed by atoms with E-state index in [-0.39, 0.29) is 0 Å². The Balaban J connectivity index is 3.75. The van der Waals surface area contributed by atoms with Crippen LogP contribution in [-0.2, 0) is 0 Å². The molecule has 2 N–H and O–H groups in total. The third kappa shape index (κ3) is 3.52. The monoisotopic (exact) mass is 130 g/mol. The molecular formula is C5H10N2O2. The molecule has 0 aliphatic carbocycles. The van der Waals surface area contributed by atoms with Gasteiger partial charge < -0.3 is 10.4 Å². The van der Waals surface area contributed by atoms with Gasteiger partial charge in [0.1, 0.15) is 0 Å². The summed E-state index contributed by atoms with van der Waals surface area (Å²) in [6.45, 7) is 3.30. The van der Waals surface area contributed by atoms with Crippen LogP contribution in [0.2, 0.25) is 0 Å². The van der Waals surface area contributed by atoms with Gasteiger partial charge in [0.25, 0.3) is 0 Å². The Morgan fingerprint density at radius 1 is 1.11 bits per heavy atom. The predicted octanol–water partition coefficient (Wildman–Crippen LogP) is 1.08. The van der Waals surface area contributed by atoms with Crippen LogP contribution in [0.1, 0.15) is 20.3 Å². The van der Waals surface area contributed by atoms with Gasteiger partial charge in [0.2, 0.25) is 0 Å². The van der Waals surface area contributed by atoms with E-state index in [1.807, 2.05) is 0 Å². The Bertz CT molecular complexity index is 124. The molecule has 0 atom stereocenters. The first-order valence-corrected chi connectivity index (χ1v) is 2.55. The predicted molar refractivity (Wildman–Crippen MR) is 34.4 cm³/mol. The van der Waals surface area contributed by atoms with Gasteiger partial charge >= 0.3 is 0 Å². The molecule has 0 spiro atoms. The molecule has 0 bridgehead atoms. The van der Waals surface area contributed by atoms with Crippen molar-refractivity contribution in [2.24, 2.45) is 10.3 Å². The second-order valence-corrected chi connectivity index (χ2v) is 1.85. The number of oxime groups is 2. The van der Waals surface area contributed by atoms with Crippen molar-refractivity contribution in [2.45, 2.75) is 20.3 Å². The number of hydrogen-bond donors (Lipinski definition) is 2. The van der Waals surface area contributed by atoms with Crippen LogP contribution >= 0.6 is 0 Å². The molecule has 0 unspecified atom stereocenters. The zero-order chi connectivity index (χ0) is 7.28. The van der Waals surface area contributed by atoms with E-state index >= 15 is 0 Å². The molecule has 0 aromatic rings. The third-order valence-corrected chi connectivity index (χ3v) is 0.853. The molecule has 0 rings (SSSR count). The van der Waals surface area contributed by atoms with E-state index < -0.39 is 0 Å². The average molecular weight is 130 g/mol. The van der Waals surface area contributed by atoms with Crippen LogP contribution in [0.15, 0.2) is 10.3 Å². The topological polar surface area (TPSA) is 65.2 Å². The van der Waals surface area contributed by atoms with Crippen LogP contribution < -0.4 is 0 Å². The summed E-state index contributed by atoms with van der Waals surface area (Å²) >= 11 is 0. The normalized spacial score (nSPS) is 14.0. The number of hydrogen-bond acceptors (Lipinski definition) is 4. The first-order valence-electron chi connectivity index (χ1n) is 2.55. The SMILES string of the molecule is C/C(C/C(C)=N\O)=N/O. The molecule has 0 fully saturated rings. The van der Waals surface area contributed by atoms with Crippen LogP contribution in [0.25, 0.3) is 0 Å². The molecular weight excluding hydrogens is 120 g/mol. The fourth-order valence-corrected chi connectivity index (χ4v) is 0.441. The lowest BCUT2D eigenvalue weighted by molar-refractivity contribution is 0.315. The fourth-order valence-electron chi connectivity index (χ4n) is 0.441. The van der Waals surface area contributed by atoms with E-state index in [2.05, 4.69) is 10.3 Å². The second-order valence-electron chi connectivity index (χ2n) is 1.85. The summed E-state index contributed by atoms with van der Waals surface area (Å²) in [4.78, 5) is 0. The molecule has 0 saturated heterocycles. The van der Waals surface area contributed by atoms with Crippen molar-refractivity contribution in [3.63, 3.8) is 0 Å². The molecule has 0 aliphatic heterocycles. The Morgan fingerprint density at radius 3 is 1.67 bits per heavy atom. The van der Waals surface area contributed by atoms with Gasteiger partial charge in [0.05, 0.1) is 11.4 Å². The molecule has 4 nitrogen and oxygen atoms in total. The fraction of sp³-hybridized carbons (Fsp3) is 0.600. The highest BCUT2D eigenvalue weighted by Crippen LogP contribution is 1.87. The Kier molecular flexibility index (Phi) is 3.43. The summed E-state index contributed by atoms with van der Waals surface area (Å²) in [5.74, 6) is 0.